The van der Waals surface area contributed by atoms with Gasteiger partial charge in [0.2, 0.25) is 5.91 Å². The Morgan fingerprint density at radius 2 is 1.55 bits per heavy atom. The Hall–Kier alpha value is -1.29. The van der Waals surface area contributed by atoms with Crippen LogP contribution in [0.15, 0.2) is 0 Å². The largest absolute Gasteiger partial charge is 0.460 e. The van der Waals surface area contributed by atoms with Crippen molar-refractivity contribution >= 4 is 15.9 Å². The van der Waals surface area contributed by atoms with Crippen LogP contribution in [0.1, 0.15) is 40.0 Å². The van der Waals surface area contributed by atoms with Gasteiger partial charge in [-0.15, -0.1) is 0 Å². The molecule has 16 heteroatoms. The van der Waals surface area contributed by atoms with E-state index in [1.165, 1.54) is 13.8 Å². The molecule has 1 aliphatic heterocycles. The third kappa shape index (κ3) is 3.87. The van der Waals surface area contributed by atoms with Crippen LogP contribution in [0.4, 0.5) is 39.5 Å². The molecule has 1 aliphatic carbocycles. The summed E-state index contributed by atoms with van der Waals surface area (Å²) >= 11 is 0. The van der Waals surface area contributed by atoms with Crippen molar-refractivity contribution in [2.24, 2.45) is 5.92 Å². The molecule has 0 radical (unpaired) electrons. The van der Waals surface area contributed by atoms with E-state index in [4.69, 9.17) is 9.47 Å². The van der Waals surface area contributed by atoms with Crippen LogP contribution in [0, 0.1) is 5.92 Å². The van der Waals surface area contributed by atoms with Crippen molar-refractivity contribution in [3.63, 3.8) is 0 Å². The van der Waals surface area contributed by atoms with Crippen LogP contribution < -0.4 is 4.72 Å². The molecular weight excluding hydrogens is 477 g/mol. The van der Waals surface area contributed by atoms with Gasteiger partial charge in [-0.05, 0) is 33.1 Å². The third-order valence-electron chi connectivity index (χ3n) is 5.21. The van der Waals surface area contributed by atoms with E-state index in [1.54, 1.807) is 6.92 Å². The molecule has 0 spiro atoms. The average molecular weight is 495 g/mol. The topological polar surface area (TPSA) is 81.7 Å². The van der Waals surface area contributed by atoms with Gasteiger partial charge in [-0.25, -0.2) is 4.72 Å². The van der Waals surface area contributed by atoms with Gasteiger partial charge in [-0.3, -0.25) is 4.79 Å². The molecule has 2 aliphatic rings. The molecule has 1 N–H and O–H groups in total. The zero-order valence-corrected chi connectivity index (χ0v) is 16.9. The van der Waals surface area contributed by atoms with Crippen LogP contribution in [-0.4, -0.2) is 55.1 Å². The van der Waals surface area contributed by atoms with Crippen LogP contribution in [0.5, 0.6) is 0 Å². The molecule has 31 heavy (non-hydrogen) atoms. The monoisotopic (exact) mass is 495 g/mol. The van der Waals surface area contributed by atoms with Gasteiger partial charge in [0.05, 0.1) is 11.7 Å². The van der Waals surface area contributed by atoms with Crippen molar-refractivity contribution in [2.75, 3.05) is 0 Å². The Kier molecular flexibility index (Phi) is 5.95. The summed E-state index contributed by atoms with van der Waals surface area (Å²) in [5.41, 5.74) is -1.13. The van der Waals surface area contributed by atoms with Crippen LogP contribution in [0.25, 0.3) is 0 Å². The summed E-state index contributed by atoms with van der Waals surface area (Å²) in [6.07, 6.45) is -8.36. The van der Waals surface area contributed by atoms with Gasteiger partial charge in [-0.2, -0.15) is 47.9 Å². The lowest BCUT2D eigenvalue weighted by molar-refractivity contribution is -0.382. The van der Waals surface area contributed by atoms with E-state index in [0.29, 0.717) is 4.72 Å². The number of nitrogens with one attached hydrogen (secondary N) is 1. The number of carbonyl (C=O) groups is 1. The van der Waals surface area contributed by atoms with Gasteiger partial charge in [0.1, 0.15) is 0 Å². The molecule has 2 fully saturated rings. The van der Waals surface area contributed by atoms with Crippen molar-refractivity contribution in [1.29, 1.82) is 0 Å². The molecule has 0 unspecified atom stereocenters. The molecular formula is C15H18F9NO5S. The molecule has 0 bridgehead atoms. The highest BCUT2D eigenvalue weighted by atomic mass is 32.2. The normalized spacial score (nSPS) is 29.7. The Bertz CT molecular complexity index is 842. The highest BCUT2D eigenvalue weighted by molar-refractivity contribution is 7.91. The van der Waals surface area contributed by atoms with Crippen LogP contribution in [0.2, 0.25) is 0 Å². The number of hydrogen-bond acceptors (Lipinski definition) is 5. The number of halogens is 9. The van der Waals surface area contributed by atoms with Gasteiger partial charge in [0.25, 0.3) is 0 Å². The first-order valence-corrected chi connectivity index (χ1v) is 10.2. The van der Waals surface area contributed by atoms with E-state index in [-0.39, 0.29) is 19.3 Å². The van der Waals surface area contributed by atoms with Crippen LogP contribution in [0.3, 0.4) is 0 Å². The smallest absolute Gasteiger partial charge is 0.344 e. The lowest BCUT2D eigenvalue weighted by Gasteiger charge is -2.33. The second-order valence-electron chi connectivity index (χ2n) is 7.80. The van der Waals surface area contributed by atoms with E-state index in [9.17, 15) is 52.7 Å². The fraction of sp³-hybridized carbons (Fsp3) is 0.933. The van der Waals surface area contributed by atoms with Crippen LogP contribution in [-0.2, 0) is 24.3 Å². The first kappa shape index (κ1) is 26.0. The summed E-state index contributed by atoms with van der Waals surface area (Å²) in [6, 6.07) is 0. The number of alkyl halides is 9. The summed E-state index contributed by atoms with van der Waals surface area (Å²) in [7, 11) is -7.02. The summed E-state index contributed by atoms with van der Waals surface area (Å²) in [6.45, 7) is 4.68. The van der Waals surface area contributed by atoms with Gasteiger partial charge >= 0.3 is 33.3 Å². The fourth-order valence-electron chi connectivity index (χ4n) is 3.68. The van der Waals surface area contributed by atoms with E-state index >= 15 is 0 Å². The lowest BCUT2D eigenvalue weighted by atomic mass is 9.95. The van der Waals surface area contributed by atoms with Crippen molar-refractivity contribution in [3.05, 3.63) is 0 Å². The van der Waals surface area contributed by atoms with Gasteiger partial charge < -0.3 is 9.47 Å². The lowest BCUT2D eigenvalue weighted by Crippen LogP contribution is -2.65. The minimum atomic E-state index is -7.42. The van der Waals surface area contributed by atoms with Crippen molar-refractivity contribution in [3.8, 4) is 0 Å². The minimum Gasteiger partial charge on any atom is -0.344 e. The maximum Gasteiger partial charge on any atom is 0.460 e. The predicted molar refractivity (Wildman–Crippen MR) is 83.7 cm³/mol. The molecule has 6 nitrogen and oxygen atoms in total. The zero-order valence-electron chi connectivity index (χ0n) is 16.1. The summed E-state index contributed by atoms with van der Waals surface area (Å²) in [4.78, 5) is 12.1. The molecule has 0 aromatic carbocycles. The predicted octanol–water partition coefficient (Wildman–Crippen LogP) is 3.57. The van der Waals surface area contributed by atoms with Crippen LogP contribution >= 0.6 is 0 Å². The van der Waals surface area contributed by atoms with Gasteiger partial charge in [0, 0.05) is 5.92 Å². The number of sulfonamides is 1. The van der Waals surface area contributed by atoms with Crippen molar-refractivity contribution < 1.29 is 62.2 Å². The highest BCUT2D eigenvalue weighted by Gasteiger charge is 2.85. The zero-order chi connectivity index (χ0) is 24.5. The number of carbonyl (C=O) groups excluding carboxylic acids is 1. The van der Waals surface area contributed by atoms with Crippen molar-refractivity contribution in [1.82, 2.24) is 4.72 Å². The number of amides is 1. The Balaban J connectivity index is 2.25. The standard InChI is InChI=1S/C15H18F9NO5S/c1-4-11-6-7(5-8(11)29-10(2,3)30-11)9(26)25-31(27,28)15(23,24)13(18,19)12(16,17)14(20,21)22/h7-8H,4-6H2,1-3H3,(H,25,26)/t7-,8-,11+/m1/s1. The highest BCUT2D eigenvalue weighted by Crippen LogP contribution is 2.55. The van der Waals surface area contributed by atoms with E-state index < -0.39 is 62.6 Å². The molecule has 3 atom stereocenters. The molecule has 1 saturated carbocycles. The van der Waals surface area contributed by atoms with Crippen molar-refractivity contribution in [2.45, 2.75) is 80.8 Å². The van der Waals surface area contributed by atoms with E-state index in [2.05, 4.69) is 0 Å². The SMILES string of the molecule is CC[C@]12C[C@H](C(=O)NS(=O)(=O)C(F)(F)C(F)(F)C(F)(F)C(F)(F)F)C[C@H]1OC(C)(C)O2. The second-order valence-corrected chi connectivity index (χ2v) is 9.52. The first-order chi connectivity index (χ1) is 13.6. The number of rotatable bonds is 6. The average Bonchev–Trinajstić information content (AvgIpc) is 3.02. The van der Waals surface area contributed by atoms with Gasteiger partial charge in [-0.1, -0.05) is 6.92 Å². The molecule has 1 heterocycles. The van der Waals surface area contributed by atoms with E-state index in [1.807, 2.05) is 0 Å². The van der Waals surface area contributed by atoms with E-state index in [0.717, 1.165) is 0 Å². The number of ether oxygens (including phenoxy) is 2. The maximum absolute atomic E-state index is 13.7. The molecule has 0 aromatic rings. The quantitative estimate of drug-likeness (QED) is 0.570. The molecule has 0 aromatic heterocycles. The molecule has 182 valence electrons. The second kappa shape index (κ2) is 7.10. The first-order valence-electron chi connectivity index (χ1n) is 8.71. The molecule has 2 rings (SSSR count). The van der Waals surface area contributed by atoms with Gasteiger partial charge in [0.15, 0.2) is 5.79 Å². The fourth-order valence-corrected chi connectivity index (χ4v) is 4.70. The number of fused-ring (bicyclic) bond motifs is 1. The summed E-state index contributed by atoms with van der Waals surface area (Å²) in [5, 5.41) is -6.99. The Morgan fingerprint density at radius 3 is 1.97 bits per heavy atom. The Morgan fingerprint density at radius 1 is 1.03 bits per heavy atom. The number of hydrogen-bond donors (Lipinski definition) is 1. The third-order valence-corrected chi connectivity index (χ3v) is 6.61. The summed E-state index contributed by atoms with van der Waals surface area (Å²) in [5.74, 6) is -19.2. The molecule has 1 amide bonds. The minimum absolute atomic E-state index is 0.226. The summed E-state index contributed by atoms with van der Waals surface area (Å²) < 4.78 is 152. The maximum atomic E-state index is 13.7. The molecule has 1 saturated heterocycles. The Labute approximate surface area is 170 Å².